The van der Waals surface area contributed by atoms with E-state index in [0.29, 0.717) is 0 Å². The Morgan fingerprint density at radius 3 is 2.54 bits per heavy atom. The zero-order valence-electron chi connectivity index (χ0n) is 7.79. The van der Waals surface area contributed by atoms with Crippen LogP contribution in [0.4, 0.5) is 0 Å². The molecule has 0 aliphatic carbocycles. The van der Waals surface area contributed by atoms with Crippen molar-refractivity contribution in [2.45, 2.75) is 13.8 Å². The summed E-state index contributed by atoms with van der Waals surface area (Å²) in [5, 5.41) is 3.10. The maximum atomic E-state index is 3.10. The zero-order chi connectivity index (χ0) is 9.26. The van der Waals surface area contributed by atoms with Crippen LogP contribution in [0.3, 0.4) is 0 Å². The van der Waals surface area contributed by atoms with E-state index in [2.05, 4.69) is 43.5 Å². The van der Waals surface area contributed by atoms with Gasteiger partial charge in [-0.3, -0.25) is 0 Å². The smallest absolute Gasteiger partial charge is 0.0449 e. The minimum absolute atomic E-state index is 1.29. The predicted octanol–water partition coefficient (Wildman–Crippen LogP) is 3.83. The molecule has 0 saturated carbocycles. The first-order valence-electron chi connectivity index (χ1n) is 4.31. The summed E-state index contributed by atoms with van der Waals surface area (Å²) in [6.45, 7) is 4.29. The lowest BCUT2D eigenvalue weighted by atomic mass is 10.1. The van der Waals surface area contributed by atoms with Crippen molar-refractivity contribution in [1.29, 1.82) is 0 Å². The molecular weight excluding hydrogens is 176 g/mol. The first-order chi connectivity index (χ1) is 6.27. The molecule has 0 spiro atoms. The van der Waals surface area contributed by atoms with Gasteiger partial charge in [0.05, 0.1) is 0 Å². The molecular formula is C12H11S. The Morgan fingerprint density at radius 2 is 1.92 bits per heavy atom. The van der Waals surface area contributed by atoms with E-state index < -0.39 is 0 Å². The van der Waals surface area contributed by atoms with Crippen molar-refractivity contribution in [3.05, 3.63) is 46.8 Å². The van der Waals surface area contributed by atoms with Crippen LogP contribution in [0.5, 0.6) is 0 Å². The molecule has 0 nitrogen and oxygen atoms in total. The Labute approximate surface area is 82.9 Å². The Kier molecular flexibility index (Phi) is 2.19. The third-order valence-electron chi connectivity index (χ3n) is 2.26. The van der Waals surface area contributed by atoms with Gasteiger partial charge in [-0.2, -0.15) is 0 Å². The van der Waals surface area contributed by atoms with Crippen molar-refractivity contribution in [2.75, 3.05) is 0 Å². The second kappa shape index (κ2) is 3.35. The SMILES string of the molecule is Cc1ccc(-c2cc[c]s2)cc1C. The molecule has 1 heteroatoms. The Morgan fingerprint density at radius 1 is 1.08 bits per heavy atom. The van der Waals surface area contributed by atoms with Crippen molar-refractivity contribution < 1.29 is 0 Å². The molecule has 1 heterocycles. The molecule has 1 aromatic heterocycles. The summed E-state index contributed by atoms with van der Waals surface area (Å²) < 4.78 is 0. The van der Waals surface area contributed by atoms with Gasteiger partial charge in [-0.1, -0.05) is 18.2 Å². The topological polar surface area (TPSA) is 0 Å². The number of hydrogen-bond donors (Lipinski definition) is 0. The van der Waals surface area contributed by atoms with Gasteiger partial charge < -0.3 is 0 Å². The molecule has 13 heavy (non-hydrogen) atoms. The van der Waals surface area contributed by atoms with Gasteiger partial charge >= 0.3 is 0 Å². The molecule has 0 unspecified atom stereocenters. The maximum absolute atomic E-state index is 3.10. The summed E-state index contributed by atoms with van der Waals surface area (Å²) in [6.07, 6.45) is 0. The van der Waals surface area contributed by atoms with Crippen molar-refractivity contribution in [3.8, 4) is 10.4 Å². The van der Waals surface area contributed by atoms with E-state index in [0.717, 1.165) is 0 Å². The summed E-state index contributed by atoms with van der Waals surface area (Å²) in [5.74, 6) is 0. The molecule has 0 fully saturated rings. The zero-order valence-corrected chi connectivity index (χ0v) is 8.61. The molecule has 0 saturated heterocycles. The number of rotatable bonds is 1. The van der Waals surface area contributed by atoms with Crippen LogP contribution in [0.25, 0.3) is 10.4 Å². The summed E-state index contributed by atoms with van der Waals surface area (Å²) in [4.78, 5) is 1.29. The fourth-order valence-corrected chi connectivity index (χ4v) is 1.94. The average molecular weight is 187 g/mol. The van der Waals surface area contributed by atoms with Gasteiger partial charge in [-0.25, -0.2) is 0 Å². The first-order valence-corrected chi connectivity index (χ1v) is 5.12. The minimum Gasteiger partial charge on any atom is -0.134 e. The highest BCUT2D eigenvalue weighted by Gasteiger charge is 1.99. The average Bonchev–Trinajstić information content (AvgIpc) is 2.62. The Balaban J connectivity index is 2.49. The first kappa shape index (κ1) is 8.52. The molecule has 0 N–H and O–H groups in total. The van der Waals surface area contributed by atoms with Gasteiger partial charge in [0, 0.05) is 10.3 Å². The van der Waals surface area contributed by atoms with Crippen molar-refractivity contribution in [1.82, 2.24) is 0 Å². The Hall–Kier alpha value is -1.08. The number of benzene rings is 1. The fourth-order valence-electron chi connectivity index (χ4n) is 1.29. The van der Waals surface area contributed by atoms with Crippen molar-refractivity contribution in [3.63, 3.8) is 0 Å². The quantitative estimate of drug-likeness (QED) is 0.636. The summed E-state index contributed by atoms with van der Waals surface area (Å²) >= 11 is 1.67. The summed E-state index contributed by atoms with van der Waals surface area (Å²) in [5.41, 5.74) is 4.00. The second-order valence-electron chi connectivity index (χ2n) is 3.22. The fraction of sp³-hybridized carbons (Fsp3) is 0.167. The van der Waals surface area contributed by atoms with Crippen LogP contribution in [0.1, 0.15) is 11.1 Å². The van der Waals surface area contributed by atoms with E-state index in [-0.39, 0.29) is 0 Å². The molecule has 65 valence electrons. The monoisotopic (exact) mass is 187 g/mol. The van der Waals surface area contributed by atoms with Crippen LogP contribution >= 0.6 is 11.3 Å². The van der Waals surface area contributed by atoms with Crippen LogP contribution in [-0.4, -0.2) is 0 Å². The van der Waals surface area contributed by atoms with Gasteiger partial charge in [-0.05, 0) is 42.7 Å². The number of thiophene rings is 1. The van der Waals surface area contributed by atoms with E-state index in [1.807, 2.05) is 6.07 Å². The second-order valence-corrected chi connectivity index (χ2v) is 4.10. The van der Waals surface area contributed by atoms with Gasteiger partial charge in [0.1, 0.15) is 0 Å². The van der Waals surface area contributed by atoms with Crippen LogP contribution in [0, 0.1) is 19.2 Å². The predicted molar refractivity (Wildman–Crippen MR) is 58.1 cm³/mol. The molecule has 0 aliphatic rings. The minimum atomic E-state index is 1.29. The van der Waals surface area contributed by atoms with E-state index in [9.17, 15) is 0 Å². The summed E-state index contributed by atoms with van der Waals surface area (Å²) in [7, 11) is 0. The van der Waals surface area contributed by atoms with Gasteiger partial charge in [0.25, 0.3) is 0 Å². The van der Waals surface area contributed by atoms with Crippen LogP contribution in [-0.2, 0) is 0 Å². The lowest BCUT2D eigenvalue weighted by molar-refractivity contribution is 1.34. The molecule has 0 aliphatic heterocycles. The van der Waals surface area contributed by atoms with Crippen LogP contribution in [0.2, 0.25) is 0 Å². The van der Waals surface area contributed by atoms with Crippen LogP contribution < -0.4 is 0 Å². The third-order valence-corrected chi connectivity index (χ3v) is 3.11. The molecule has 2 rings (SSSR count). The lowest BCUT2D eigenvalue weighted by Gasteiger charge is -2.02. The van der Waals surface area contributed by atoms with Crippen molar-refractivity contribution in [2.24, 2.45) is 0 Å². The third kappa shape index (κ3) is 1.65. The lowest BCUT2D eigenvalue weighted by Crippen LogP contribution is -1.80. The standard InChI is InChI=1S/C12H11S/c1-9-5-6-11(8-10(9)2)12-4-3-7-13-12/h3-6,8H,1-2H3. The maximum Gasteiger partial charge on any atom is 0.0449 e. The largest absolute Gasteiger partial charge is 0.134 e. The highest BCUT2D eigenvalue weighted by atomic mass is 32.1. The molecule has 1 aromatic carbocycles. The molecule has 0 atom stereocenters. The molecule has 1 radical (unpaired) electrons. The van der Waals surface area contributed by atoms with Gasteiger partial charge in [0.15, 0.2) is 0 Å². The Bertz CT molecular complexity index is 399. The van der Waals surface area contributed by atoms with Crippen molar-refractivity contribution >= 4 is 11.3 Å². The summed E-state index contributed by atoms with van der Waals surface area (Å²) in [6, 6.07) is 10.6. The highest BCUT2D eigenvalue weighted by Crippen LogP contribution is 2.25. The van der Waals surface area contributed by atoms with E-state index in [1.165, 1.54) is 21.6 Å². The van der Waals surface area contributed by atoms with E-state index in [1.54, 1.807) is 11.3 Å². The normalized spacial score (nSPS) is 10.3. The van der Waals surface area contributed by atoms with E-state index in [4.69, 9.17) is 0 Å². The number of aryl methyl sites for hydroxylation is 2. The van der Waals surface area contributed by atoms with Gasteiger partial charge in [0.2, 0.25) is 0 Å². The molecule has 0 bridgehead atoms. The highest BCUT2D eigenvalue weighted by molar-refractivity contribution is 7.13. The number of hydrogen-bond acceptors (Lipinski definition) is 1. The van der Waals surface area contributed by atoms with Crippen LogP contribution in [0.15, 0.2) is 30.3 Å². The molecule has 2 aromatic rings. The van der Waals surface area contributed by atoms with Gasteiger partial charge in [-0.15, -0.1) is 11.3 Å². The molecule has 0 amide bonds. The van der Waals surface area contributed by atoms with E-state index >= 15 is 0 Å².